The van der Waals surface area contributed by atoms with E-state index in [1.54, 1.807) is 0 Å². The lowest BCUT2D eigenvalue weighted by Crippen LogP contribution is -2.42. The van der Waals surface area contributed by atoms with Crippen LogP contribution in [0.1, 0.15) is 54.9 Å². The van der Waals surface area contributed by atoms with Crippen LogP contribution in [0.2, 0.25) is 0 Å². The molecule has 0 aromatic carbocycles. The van der Waals surface area contributed by atoms with Crippen LogP contribution < -0.4 is 0 Å². The quantitative estimate of drug-likeness (QED) is 0.783. The second kappa shape index (κ2) is 9.02. The number of rotatable bonds is 2. The molecule has 1 saturated carbocycles. The molecule has 2 N–H and O–H groups in total. The summed E-state index contributed by atoms with van der Waals surface area (Å²) >= 11 is 0. The summed E-state index contributed by atoms with van der Waals surface area (Å²) in [4.78, 5) is 21.7. The van der Waals surface area contributed by atoms with E-state index in [-0.39, 0.29) is 29.7 Å². The van der Waals surface area contributed by atoms with Gasteiger partial charge in [-0.25, -0.2) is 0 Å². The highest BCUT2D eigenvalue weighted by atomic mass is 16.4. The van der Waals surface area contributed by atoms with Crippen LogP contribution >= 0.6 is 0 Å². The molecular weight excluding hydrogens is 220 g/mol. The molecule has 4 radical (unpaired) electrons. The molecule has 0 amide bonds. The molecule has 1 fully saturated rings. The van der Waals surface area contributed by atoms with E-state index < -0.39 is 23.3 Å². The Morgan fingerprint density at radius 1 is 1.12 bits per heavy atom. The molecule has 0 aromatic heterocycles. The van der Waals surface area contributed by atoms with E-state index in [0.29, 0.717) is 12.8 Å². The van der Waals surface area contributed by atoms with Crippen molar-refractivity contribution in [2.75, 3.05) is 0 Å². The Labute approximate surface area is 106 Å². The van der Waals surface area contributed by atoms with Crippen LogP contribution in [-0.2, 0) is 9.59 Å². The monoisotopic (exact) mass is 246 g/mol. The van der Waals surface area contributed by atoms with Gasteiger partial charge in [0.15, 0.2) is 0 Å². The summed E-state index contributed by atoms with van der Waals surface area (Å²) in [6, 6.07) is 0. The van der Waals surface area contributed by atoms with Crippen LogP contribution in [0.3, 0.4) is 0 Å². The topological polar surface area (TPSA) is 74.6 Å². The first-order chi connectivity index (χ1) is 5.98. The molecule has 4 nitrogen and oxygen atoms in total. The van der Waals surface area contributed by atoms with Gasteiger partial charge in [-0.05, 0) is 19.8 Å². The number of hydrogen-bond acceptors (Lipinski definition) is 2. The van der Waals surface area contributed by atoms with Gasteiger partial charge in [0.05, 0.1) is 11.3 Å². The Kier molecular flexibility index (Phi) is 13.2. The molecule has 1 rings (SSSR count). The molecule has 102 valence electrons. The van der Waals surface area contributed by atoms with E-state index in [4.69, 9.17) is 10.2 Å². The normalized spacial score (nSPS) is 26.1. The van der Waals surface area contributed by atoms with E-state index in [0.717, 1.165) is 12.8 Å². The van der Waals surface area contributed by atoms with Crippen molar-refractivity contribution in [1.82, 2.24) is 0 Å². The minimum absolute atomic E-state index is 0. The predicted molar refractivity (Wildman–Crippen MR) is 68.8 cm³/mol. The fourth-order valence-corrected chi connectivity index (χ4v) is 1.99. The van der Waals surface area contributed by atoms with Crippen molar-refractivity contribution in [3.05, 3.63) is 7.43 Å². The Hall–Kier alpha value is -1.06. The average molecular weight is 246 g/mol. The van der Waals surface area contributed by atoms with E-state index in [2.05, 4.69) is 0 Å². The van der Waals surface area contributed by atoms with Crippen LogP contribution in [0.5, 0.6) is 0 Å². The number of carboxylic acid groups (broad SMARTS) is 2. The van der Waals surface area contributed by atoms with Gasteiger partial charge in [0.1, 0.15) is 0 Å². The maximum absolute atomic E-state index is 10.9. The van der Waals surface area contributed by atoms with E-state index in [1.807, 2.05) is 0 Å². The predicted octanol–water partition coefficient (Wildman–Crippen LogP) is 3.34. The van der Waals surface area contributed by atoms with Gasteiger partial charge >= 0.3 is 11.9 Å². The van der Waals surface area contributed by atoms with Gasteiger partial charge in [-0.2, -0.15) is 0 Å². The molecule has 0 saturated heterocycles. The van der Waals surface area contributed by atoms with E-state index in [9.17, 15) is 9.59 Å². The highest BCUT2D eigenvalue weighted by Crippen LogP contribution is 2.41. The number of aliphatic carboxylic acids is 2. The molecule has 0 aromatic rings. The number of hydrogen-bond donors (Lipinski definition) is 2. The summed E-state index contributed by atoms with van der Waals surface area (Å²) in [5.41, 5.74) is -1.07. The summed E-state index contributed by atoms with van der Waals surface area (Å²) in [5, 5.41) is 17.8. The van der Waals surface area contributed by atoms with Crippen molar-refractivity contribution in [2.45, 2.75) is 54.9 Å². The maximum atomic E-state index is 10.9. The molecule has 0 aliphatic heterocycles. The second-order valence-corrected chi connectivity index (χ2v) is 3.86. The lowest BCUT2D eigenvalue weighted by atomic mass is 9.67. The fraction of sp³-hybridized carbons (Fsp3) is 0.769. The highest BCUT2D eigenvalue weighted by Gasteiger charge is 2.46. The maximum Gasteiger partial charge on any atom is 0.310 e. The molecule has 17 heavy (non-hydrogen) atoms. The van der Waals surface area contributed by atoms with Gasteiger partial charge < -0.3 is 10.2 Å². The first-order valence-electron chi connectivity index (χ1n) is 4.44. The van der Waals surface area contributed by atoms with Crippen LogP contribution in [-0.4, -0.2) is 22.2 Å². The standard InChI is InChI=1S/C9H14O4.3CH4.C/c1-9(8(12)13)5-3-2-4-6(9)7(10)11;;;;/h6H,2-5H2,1H3,(H,10,11)(H,12,13);3*1H4;. The van der Waals surface area contributed by atoms with Gasteiger partial charge in [0.25, 0.3) is 0 Å². The molecule has 1 aliphatic carbocycles. The van der Waals surface area contributed by atoms with Crippen molar-refractivity contribution in [3.8, 4) is 0 Å². The second-order valence-electron chi connectivity index (χ2n) is 3.86. The highest BCUT2D eigenvalue weighted by molar-refractivity contribution is 5.83. The van der Waals surface area contributed by atoms with Gasteiger partial charge in [-0.1, -0.05) is 35.1 Å². The lowest BCUT2D eigenvalue weighted by molar-refractivity contribution is -0.164. The van der Waals surface area contributed by atoms with Crippen molar-refractivity contribution in [1.29, 1.82) is 0 Å². The Morgan fingerprint density at radius 2 is 1.59 bits per heavy atom. The summed E-state index contributed by atoms with van der Waals surface area (Å²) in [6.45, 7) is 1.54. The SMILES string of the molecule is C.C.C.CC1(C(=O)O)CCCCC1C(=O)O.[C]. The largest absolute Gasteiger partial charge is 0.481 e. The zero-order valence-electron chi connectivity index (χ0n) is 8.12. The number of carboxylic acids is 2. The molecule has 2 atom stereocenters. The molecule has 1 aliphatic rings. The van der Waals surface area contributed by atoms with Gasteiger partial charge in [0, 0.05) is 7.43 Å². The molecule has 0 heterocycles. The van der Waals surface area contributed by atoms with Crippen molar-refractivity contribution >= 4 is 11.9 Å². The minimum atomic E-state index is -1.07. The zero-order chi connectivity index (χ0) is 10.1. The van der Waals surface area contributed by atoms with Crippen LogP contribution in [0.4, 0.5) is 0 Å². The molecule has 4 heteroatoms. The van der Waals surface area contributed by atoms with E-state index >= 15 is 0 Å². The average Bonchev–Trinajstić information content (AvgIpc) is 2.04. The third-order valence-electron chi connectivity index (χ3n) is 2.99. The summed E-state index contributed by atoms with van der Waals surface area (Å²) in [5.74, 6) is -2.69. The van der Waals surface area contributed by atoms with Crippen LogP contribution in [0.25, 0.3) is 0 Å². The summed E-state index contributed by atoms with van der Waals surface area (Å²) < 4.78 is 0. The molecule has 2 unspecified atom stereocenters. The molecular formula is C13H26O4. The number of carbonyl (C=O) groups is 2. The minimum Gasteiger partial charge on any atom is -0.481 e. The van der Waals surface area contributed by atoms with Crippen molar-refractivity contribution in [2.24, 2.45) is 11.3 Å². The van der Waals surface area contributed by atoms with Crippen LogP contribution in [0, 0.1) is 18.8 Å². The van der Waals surface area contributed by atoms with E-state index in [1.165, 1.54) is 6.92 Å². The lowest BCUT2D eigenvalue weighted by Gasteiger charge is -2.34. The van der Waals surface area contributed by atoms with Crippen LogP contribution in [0.15, 0.2) is 0 Å². The zero-order valence-corrected chi connectivity index (χ0v) is 8.12. The summed E-state index contributed by atoms with van der Waals surface area (Å²) in [6.07, 6.45) is 2.59. The molecule has 0 spiro atoms. The fourth-order valence-electron chi connectivity index (χ4n) is 1.99. The third kappa shape index (κ3) is 4.75. The Balaban J connectivity index is -0.000000211. The summed E-state index contributed by atoms with van der Waals surface area (Å²) in [7, 11) is 0. The third-order valence-corrected chi connectivity index (χ3v) is 2.99. The van der Waals surface area contributed by atoms with Gasteiger partial charge in [-0.3, -0.25) is 9.59 Å². The van der Waals surface area contributed by atoms with Crippen molar-refractivity contribution < 1.29 is 19.8 Å². The van der Waals surface area contributed by atoms with Crippen molar-refractivity contribution in [3.63, 3.8) is 0 Å². The first kappa shape index (κ1) is 25.0. The first-order valence-corrected chi connectivity index (χ1v) is 4.44. The molecule has 0 bridgehead atoms. The van der Waals surface area contributed by atoms with Gasteiger partial charge in [0.2, 0.25) is 0 Å². The Morgan fingerprint density at radius 3 is 1.88 bits per heavy atom. The van der Waals surface area contributed by atoms with Gasteiger partial charge in [-0.15, -0.1) is 0 Å². The smallest absolute Gasteiger partial charge is 0.310 e. The Bertz CT molecular complexity index is 238.